The van der Waals surface area contributed by atoms with Crippen LogP contribution >= 0.6 is 0 Å². The van der Waals surface area contributed by atoms with Gasteiger partial charge in [-0.15, -0.1) is 0 Å². The van der Waals surface area contributed by atoms with Crippen molar-refractivity contribution in [3.05, 3.63) is 65.5 Å². The van der Waals surface area contributed by atoms with Gasteiger partial charge in [0.1, 0.15) is 17.1 Å². The maximum atomic E-state index is 12.6. The number of ether oxygens (including phenoxy) is 2. The van der Waals surface area contributed by atoms with Crippen LogP contribution in [-0.2, 0) is 0 Å². The number of rotatable bonds is 2. The summed E-state index contributed by atoms with van der Waals surface area (Å²) in [7, 11) is 1.55. The predicted molar refractivity (Wildman–Crippen MR) is 84.2 cm³/mol. The summed E-state index contributed by atoms with van der Waals surface area (Å²) in [5, 5.41) is 1.05. The normalized spacial score (nSPS) is 15.1. The highest BCUT2D eigenvalue weighted by molar-refractivity contribution is 6.16. The van der Waals surface area contributed by atoms with Gasteiger partial charge in [-0.1, -0.05) is 24.3 Å². The number of carbonyl (C=O) groups excluding carboxylic acids is 1. The minimum absolute atomic E-state index is 0.155. The number of hydrogen-bond donors (Lipinski definition) is 1. The molecule has 22 heavy (non-hydrogen) atoms. The molecule has 1 aliphatic rings. The lowest BCUT2D eigenvalue weighted by Crippen LogP contribution is -1.99. The maximum Gasteiger partial charge on any atom is 0.235 e. The van der Waals surface area contributed by atoms with Crippen molar-refractivity contribution in [3.8, 4) is 11.5 Å². The third kappa shape index (κ3) is 1.81. The largest absolute Gasteiger partial charge is 0.496 e. The van der Waals surface area contributed by atoms with Gasteiger partial charge < -0.3 is 14.5 Å². The highest BCUT2D eigenvalue weighted by Gasteiger charge is 2.30. The van der Waals surface area contributed by atoms with E-state index < -0.39 is 0 Å². The molecule has 1 N–H and O–H groups in total. The molecule has 0 amide bonds. The Morgan fingerprint density at radius 2 is 2.00 bits per heavy atom. The van der Waals surface area contributed by atoms with E-state index in [1.165, 1.54) is 0 Å². The Labute approximate surface area is 127 Å². The van der Waals surface area contributed by atoms with Crippen molar-refractivity contribution in [2.45, 2.75) is 0 Å². The number of ketones is 1. The molecule has 3 aromatic rings. The van der Waals surface area contributed by atoms with Crippen LogP contribution in [0.2, 0.25) is 0 Å². The van der Waals surface area contributed by atoms with Crippen LogP contribution in [0, 0.1) is 0 Å². The lowest BCUT2D eigenvalue weighted by Gasteiger charge is -2.02. The predicted octanol–water partition coefficient (Wildman–Crippen LogP) is 3.79. The van der Waals surface area contributed by atoms with Crippen molar-refractivity contribution >= 4 is 22.8 Å². The smallest absolute Gasteiger partial charge is 0.235 e. The second-order valence-electron chi connectivity index (χ2n) is 5.06. The van der Waals surface area contributed by atoms with Gasteiger partial charge in [-0.3, -0.25) is 4.79 Å². The summed E-state index contributed by atoms with van der Waals surface area (Å²) in [6.45, 7) is 0. The van der Waals surface area contributed by atoms with Crippen LogP contribution in [0.4, 0.5) is 0 Å². The zero-order valence-electron chi connectivity index (χ0n) is 11.9. The number of allylic oxidation sites excluding steroid dienone is 1. The summed E-state index contributed by atoms with van der Waals surface area (Å²) in [6.07, 6.45) is 3.63. The van der Waals surface area contributed by atoms with Gasteiger partial charge in [-0.05, 0) is 24.3 Å². The molecule has 0 unspecified atom stereocenters. The van der Waals surface area contributed by atoms with Gasteiger partial charge in [0.15, 0.2) is 5.76 Å². The van der Waals surface area contributed by atoms with E-state index in [-0.39, 0.29) is 5.78 Å². The number of H-pyrrole nitrogens is 1. The van der Waals surface area contributed by atoms with Crippen molar-refractivity contribution in [1.82, 2.24) is 4.98 Å². The summed E-state index contributed by atoms with van der Waals surface area (Å²) in [5.41, 5.74) is 2.43. The highest BCUT2D eigenvalue weighted by Crippen LogP contribution is 2.38. The fraction of sp³-hybridized carbons (Fsp3) is 0.0556. The number of hydrogen-bond acceptors (Lipinski definition) is 3. The van der Waals surface area contributed by atoms with Gasteiger partial charge in [0, 0.05) is 22.7 Å². The number of para-hydroxylation sites is 1. The first-order valence-electron chi connectivity index (χ1n) is 6.95. The van der Waals surface area contributed by atoms with E-state index in [0.717, 1.165) is 16.5 Å². The highest BCUT2D eigenvalue weighted by atomic mass is 16.5. The van der Waals surface area contributed by atoms with Crippen LogP contribution in [0.1, 0.15) is 15.9 Å². The Kier molecular flexibility index (Phi) is 2.76. The first-order valence-corrected chi connectivity index (χ1v) is 6.95. The van der Waals surface area contributed by atoms with Crippen LogP contribution in [0.5, 0.6) is 11.5 Å². The summed E-state index contributed by atoms with van der Waals surface area (Å²) in [5.74, 6) is 1.22. The first kappa shape index (κ1) is 12.7. The molecule has 0 bridgehead atoms. The van der Waals surface area contributed by atoms with E-state index in [0.29, 0.717) is 22.8 Å². The monoisotopic (exact) mass is 291 g/mol. The van der Waals surface area contributed by atoms with Crippen LogP contribution in [0.25, 0.3) is 17.0 Å². The third-order valence-electron chi connectivity index (χ3n) is 3.79. The van der Waals surface area contributed by atoms with E-state index in [1.807, 2.05) is 30.5 Å². The molecule has 108 valence electrons. The molecule has 0 saturated heterocycles. The number of fused-ring (bicyclic) bond motifs is 2. The molecular formula is C18H13NO3. The summed E-state index contributed by atoms with van der Waals surface area (Å²) >= 11 is 0. The topological polar surface area (TPSA) is 51.3 Å². The second-order valence-corrected chi connectivity index (χ2v) is 5.06. The zero-order chi connectivity index (χ0) is 15.1. The van der Waals surface area contributed by atoms with Crippen LogP contribution < -0.4 is 9.47 Å². The van der Waals surface area contributed by atoms with Gasteiger partial charge in [0.05, 0.1) is 7.11 Å². The molecule has 1 aliphatic heterocycles. The second kappa shape index (κ2) is 4.77. The zero-order valence-corrected chi connectivity index (χ0v) is 11.9. The number of aromatic nitrogens is 1. The van der Waals surface area contributed by atoms with Gasteiger partial charge >= 0.3 is 0 Å². The Bertz CT molecular complexity index is 921. The molecule has 0 aliphatic carbocycles. The lowest BCUT2D eigenvalue weighted by molar-refractivity contribution is 0.101. The molecule has 0 fully saturated rings. The summed E-state index contributed by atoms with van der Waals surface area (Å²) in [4.78, 5) is 15.7. The van der Waals surface area contributed by atoms with E-state index in [1.54, 1.807) is 31.4 Å². The van der Waals surface area contributed by atoms with E-state index >= 15 is 0 Å². The minimum Gasteiger partial charge on any atom is -0.496 e. The molecule has 2 heterocycles. The number of carbonyl (C=O) groups is 1. The van der Waals surface area contributed by atoms with E-state index in [2.05, 4.69) is 4.98 Å². The lowest BCUT2D eigenvalue weighted by atomic mass is 10.1. The molecule has 4 rings (SSSR count). The fourth-order valence-corrected chi connectivity index (χ4v) is 2.73. The van der Waals surface area contributed by atoms with Crippen molar-refractivity contribution in [2.24, 2.45) is 0 Å². The van der Waals surface area contributed by atoms with Crippen LogP contribution in [0.3, 0.4) is 0 Å². The average molecular weight is 291 g/mol. The Morgan fingerprint density at radius 3 is 2.86 bits per heavy atom. The van der Waals surface area contributed by atoms with Gasteiger partial charge in [-0.2, -0.15) is 0 Å². The van der Waals surface area contributed by atoms with Gasteiger partial charge in [0.2, 0.25) is 5.78 Å². The van der Waals surface area contributed by atoms with Crippen molar-refractivity contribution < 1.29 is 14.3 Å². The quantitative estimate of drug-likeness (QED) is 0.731. The number of aromatic amines is 1. The minimum atomic E-state index is -0.155. The molecule has 0 radical (unpaired) electrons. The number of nitrogens with one attached hydrogen (secondary N) is 1. The Hall–Kier alpha value is -3.01. The molecule has 2 aromatic carbocycles. The van der Waals surface area contributed by atoms with Crippen molar-refractivity contribution in [1.29, 1.82) is 0 Å². The Morgan fingerprint density at radius 1 is 1.14 bits per heavy atom. The number of benzene rings is 2. The van der Waals surface area contributed by atoms with E-state index in [4.69, 9.17) is 9.47 Å². The summed E-state index contributed by atoms with van der Waals surface area (Å²) < 4.78 is 10.9. The van der Waals surface area contributed by atoms with Crippen molar-refractivity contribution in [2.75, 3.05) is 7.11 Å². The van der Waals surface area contributed by atoms with Crippen molar-refractivity contribution in [3.63, 3.8) is 0 Å². The molecule has 0 spiro atoms. The molecule has 4 heteroatoms. The third-order valence-corrected chi connectivity index (χ3v) is 3.79. The molecule has 1 aromatic heterocycles. The van der Waals surface area contributed by atoms with Crippen LogP contribution in [0.15, 0.2) is 54.4 Å². The fourth-order valence-electron chi connectivity index (χ4n) is 2.73. The summed E-state index contributed by atoms with van der Waals surface area (Å²) in [6, 6.07) is 13.3. The average Bonchev–Trinajstić information content (AvgIpc) is 3.10. The molecule has 0 atom stereocenters. The van der Waals surface area contributed by atoms with Crippen LogP contribution in [-0.4, -0.2) is 17.9 Å². The SMILES string of the molecule is COc1cccc2c1C(=O)C(=Cc1c[nH]c3ccccc13)O2. The molecule has 4 nitrogen and oxygen atoms in total. The van der Waals surface area contributed by atoms with E-state index in [9.17, 15) is 4.79 Å². The Balaban J connectivity index is 1.81. The number of methoxy groups -OCH3 is 1. The van der Waals surface area contributed by atoms with Gasteiger partial charge in [0.25, 0.3) is 0 Å². The van der Waals surface area contributed by atoms with Gasteiger partial charge in [-0.25, -0.2) is 0 Å². The first-order chi connectivity index (χ1) is 10.8. The molecule has 0 saturated carbocycles. The maximum absolute atomic E-state index is 12.6. The standard InChI is InChI=1S/C18H13NO3/c1-21-14-7-4-8-15-17(14)18(20)16(22-15)9-11-10-19-13-6-3-2-5-12(11)13/h2-10,19H,1H3. The number of Topliss-reactive ketones (excluding diaryl/α,β-unsaturated/α-hetero) is 1. The molecular weight excluding hydrogens is 278 g/mol.